The molecule has 4 aromatic rings. The van der Waals surface area contributed by atoms with Gasteiger partial charge in [0.05, 0.1) is 11.9 Å². The minimum absolute atomic E-state index is 0.184. The smallest absolute Gasteiger partial charge is 0.228 e. The molecule has 0 aliphatic rings. The van der Waals surface area contributed by atoms with E-state index in [1.165, 1.54) is 36.4 Å². The number of rotatable bonds is 4. The van der Waals surface area contributed by atoms with Crippen molar-refractivity contribution in [3.8, 4) is 11.1 Å². The van der Waals surface area contributed by atoms with Gasteiger partial charge in [0.2, 0.25) is 5.91 Å². The van der Waals surface area contributed by atoms with Crippen molar-refractivity contribution >= 4 is 22.5 Å². The number of hydrogen-bond acceptors (Lipinski definition) is 2. The van der Waals surface area contributed by atoms with Gasteiger partial charge in [0, 0.05) is 17.3 Å². The molecular formula is C23H16F2N2O. The average Bonchev–Trinajstić information content (AvgIpc) is 2.70. The van der Waals surface area contributed by atoms with Crippen LogP contribution < -0.4 is 5.32 Å². The fourth-order valence-electron chi connectivity index (χ4n) is 3.10. The minimum Gasteiger partial charge on any atom is -0.326 e. The first-order valence-electron chi connectivity index (χ1n) is 8.77. The Hall–Kier alpha value is -3.60. The molecule has 3 nitrogen and oxygen atoms in total. The number of fused-ring (bicyclic) bond motifs is 1. The van der Waals surface area contributed by atoms with Crippen LogP contribution in [0.25, 0.3) is 22.0 Å². The zero-order chi connectivity index (χ0) is 19.5. The van der Waals surface area contributed by atoms with Gasteiger partial charge < -0.3 is 5.32 Å². The van der Waals surface area contributed by atoms with Crippen molar-refractivity contribution < 1.29 is 13.6 Å². The topological polar surface area (TPSA) is 42.0 Å². The van der Waals surface area contributed by atoms with E-state index in [2.05, 4.69) is 10.3 Å². The van der Waals surface area contributed by atoms with E-state index in [9.17, 15) is 13.6 Å². The molecule has 0 radical (unpaired) electrons. The fraction of sp³-hybridized carbons (Fsp3) is 0.0435. The SMILES string of the molecule is O=C(Cc1ccc(-c2ccnc3ccc(F)cc23)cc1)Nc1ccc(F)cc1. The highest BCUT2D eigenvalue weighted by atomic mass is 19.1. The van der Waals surface area contributed by atoms with Crippen molar-refractivity contribution in [1.29, 1.82) is 0 Å². The van der Waals surface area contributed by atoms with E-state index in [1.54, 1.807) is 12.3 Å². The Bertz CT molecular complexity index is 1140. The maximum Gasteiger partial charge on any atom is 0.228 e. The number of pyridine rings is 1. The number of nitrogens with zero attached hydrogens (tertiary/aromatic N) is 1. The number of carbonyl (C=O) groups is 1. The molecule has 0 bridgehead atoms. The van der Waals surface area contributed by atoms with Crippen LogP contribution in [0.5, 0.6) is 0 Å². The summed E-state index contributed by atoms with van der Waals surface area (Å²) in [4.78, 5) is 16.4. The molecule has 0 atom stereocenters. The fourth-order valence-corrected chi connectivity index (χ4v) is 3.10. The number of anilines is 1. The molecule has 138 valence electrons. The Morgan fingerprint density at radius 1 is 0.857 bits per heavy atom. The highest BCUT2D eigenvalue weighted by molar-refractivity contribution is 5.95. The van der Waals surface area contributed by atoms with Crippen LogP contribution in [0.4, 0.5) is 14.5 Å². The average molecular weight is 374 g/mol. The van der Waals surface area contributed by atoms with Crippen molar-refractivity contribution in [3.63, 3.8) is 0 Å². The second-order valence-corrected chi connectivity index (χ2v) is 6.45. The summed E-state index contributed by atoms with van der Waals surface area (Å²) in [6, 6.07) is 19.5. The third-order valence-corrected chi connectivity index (χ3v) is 4.46. The summed E-state index contributed by atoms with van der Waals surface area (Å²) in [5.41, 5.74) is 3.91. The van der Waals surface area contributed by atoms with Crippen molar-refractivity contribution in [2.75, 3.05) is 5.32 Å². The summed E-state index contributed by atoms with van der Waals surface area (Å²) in [6.45, 7) is 0. The molecular weight excluding hydrogens is 358 g/mol. The standard InChI is InChI=1S/C23H16F2N2O/c24-17-5-8-19(9-6-17)27-23(28)13-15-1-3-16(4-2-15)20-11-12-26-22-10-7-18(25)14-21(20)22/h1-12,14H,13H2,(H,27,28). The van der Waals surface area contributed by atoms with Crippen LogP contribution in [-0.2, 0) is 11.2 Å². The summed E-state index contributed by atoms with van der Waals surface area (Å²) < 4.78 is 26.6. The summed E-state index contributed by atoms with van der Waals surface area (Å²) >= 11 is 0. The lowest BCUT2D eigenvalue weighted by molar-refractivity contribution is -0.115. The lowest BCUT2D eigenvalue weighted by atomic mass is 9.99. The number of benzene rings is 3. The van der Waals surface area contributed by atoms with Crippen LogP contribution in [-0.4, -0.2) is 10.9 Å². The molecule has 0 saturated carbocycles. The number of amides is 1. The van der Waals surface area contributed by atoms with E-state index in [-0.39, 0.29) is 24.0 Å². The van der Waals surface area contributed by atoms with E-state index in [4.69, 9.17) is 0 Å². The Kier molecular flexibility index (Phi) is 4.81. The summed E-state index contributed by atoms with van der Waals surface area (Å²) in [5.74, 6) is -0.844. The lowest BCUT2D eigenvalue weighted by Crippen LogP contribution is -2.14. The van der Waals surface area contributed by atoms with Gasteiger partial charge in [-0.2, -0.15) is 0 Å². The third kappa shape index (κ3) is 3.88. The van der Waals surface area contributed by atoms with Gasteiger partial charge in [-0.1, -0.05) is 24.3 Å². The van der Waals surface area contributed by atoms with Crippen molar-refractivity contribution in [1.82, 2.24) is 4.98 Å². The van der Waals surface area contributed by atoms with Crippen molar-refractivity contribution in [2.24, 2.45) is 0 Å². The van der Waals surface area contributed by atoms with Gasteiger partial charge in [-0.3, -0.25) is 9.78 Å². The summed E-state index contributed by atoms with van der Waals surface area (Å²) in [6.07, 6.45) is 1.89. The number of hydrogen-bond donors (Lipinski definition) is 1. The summed E-state index contributed by atoms with van der Waals surface area (Å²) in [7, 11) is 0. The molecule has 0 aliphatic heterocycles. The van der Waals surface area contributed by atoms with Gasteiger partial charge in [0.1, 0.15) is 11.6 Å². The molecule has 1 amide bonds. The van der Waals surface area contributed by atoms with Crippen LogP contribution in [0.1, 0.15) is 5.56 Å². The first-order valence-corrected chi connectivity index (χ1v) is 8.77. The predicted octanol–water partition coefficient (Wildman–Crippen LogP) is 5.36. The monoisotopic (exact) mass is 374 g/mol. The van der Waals surface area contributed by atoms with Crippen molar-refractivity contribution in [2.45, 2.75) is 6.42 Å². The van der Waals surface area contributed by atoms with E-state index >= 15 is 0 Å². The van der Waals surface area contributed by atoms with E-state index in [0.717, 1.165) is 27.6 Å². The molecule has 0 unspecified atom stereocenters. The Labute approximate surface area is 160 Å². The number of aromatic nitrogens is 1. The highest BCUT2D eigenvalue weighted by Gasteiger charge is 2.08. The first-order chi connectivity index (χ1) is 13.6. The normalized spacial score (nSPS) is 10.8. The summed E-state index contributed by atoms with van der Waals surface area (Å²) in [5, 5.41) is 3.48. The van der Waals surface area contributed by atoms with E-state index < -0.39 is 0 Å². The molecule has 0 saturated heterocycles. The second-order valence-electron chi connectivity index (χ2n) is 6.45. The molecule has 0 aliphatic carbocycles. The molecule has 3 aromatic carbocycles. The Balaban J connectivity index is 1.52. The maximum atomic E-state index is 13.6. The van der Waals surface area contributed by atoms with Gasteiger partial charge >= 0.3 is 0 Å². The first kappa shape index (κ1) is 17.8. The molecule has 1 aromatic heterocycles. The van der Waals surface area contributed by atoms with Gasteiger partial charge in [0.25, 0.3) is 0 Å². The molecule has 0 fully saturated rings. The Morgan fingerprint density at radius 2 is 1.57 bits per heavy atom. The Morgan fingerprint density at radius 3 is 2.32 bits per heavy atom. The molecule has 4 rings (SSSR count). The number of nitrogens with one attached hydrogen (secondary N) is 1. The van der Waals surface area contributed by atoms with Gasteiger partial charge in [-0.05, 0) is 65.2 Å². The minimum atomic E-state index is -0.350. The van der Waals surface area contributed by atoms with Gasteiger partial charge in [-0.15, -0.1) is 0 Å². The van der Waals surface area contributed by atoms with E-state index in [1.807, 2.05) is 30.3 Å². The maximum absolute atomic E-state index is 13.6. The van der Waals surface area contributed by atoms with Gasteiger partial charge in [0.15, 0.2) is 0 Å². The molecule has 1 N–H and O–H groups in total. The highest BCUT2D eigenvalue weighted by Crippen LogP contribution is 2.28. The van der Waals surface area contributed by atoms with E-state index in [0.29, 0.717) is 5.69 Å². The van der Waals surface area contributed by atoms with Crippen LogP contribution in [0.2, 0.25) is 0 Å². The van der Waals surface area contributed by atoms with Crippen LogP contribution >= 0.6 is 0 Å². The van der Waals surface area contributed by atoms with Crippen LogP contribution in [0, 0.1) is 11.6 Å². The zero-order valence-corrected chi connectivity index (χ0v) is 14.8. The number of halogens is 2. The van der Waals surface area contributed by atoms with Gasteiger partial charge in [-0.25, -0.2) is 8.78 Å². The largest absolute Gasteiger partial charge is 0.326 e. The molecule has 5 heteroatoms. The molecule has 0 spiro atoms. The van der Waals surface area contributed by atoms with Crippen LogP contribution in [0.3, 0.4) is 0 Å². The zero-order valence-electron chi connectivity index (χ0n) is 14.8. The lowest BCUT2D eigenvalue weighted by Gasteiger charge is -2.08. The number of carbonyl (C=O) groups excluding carboxylic acids is 1. The van der Waals surface area contributed by atoms with Crippen LogP contribution in [0.15, 0.2) is 79.0 Å². The second kappa shape index (κ2) is 7.56. The van der Waals surface area contributed by atoms with Crippen molar-refractivity contribution in [3.05, 3.63) is 96.2 Å². The third-order valence-electron chi connectivity index (χ3n) is 4.46. The molecule has 28 heavy (non-hydrogen) atoms. The molecule has 1 heterocycles. The predicted molar refractivity (Wildman–Crippen MR) is 106 cm³/mol. The quantitative estimate of drug-likeness (QED) is 0.522.